The van der Waals surface area contributed by atoms with E-state index in [2.05, 4.69) is 39.8 Å². The summed E-state index contributed by atoms with van der Waals surface area (Å²) >= 11 is 0. The van der Waals surface area contributed by atoms with Crippen LogP contribution in [0.3, 0.4) is 0 Å². The smallest absolute Gasteiger partial charge is 0.222 e. The first-order valence-corrected chi connectivity index (χ1v) is 9.54. The van der Waals surface area contributed by atoms with Gasteiger partial charge in [0, 0.05) is 25.6 Å². The summed E-state index contributed by atoms with van der Waals surface area (Å²) in [5.41, 5.74) is 7.40. The van der Waals surface area contributed by atoms with Crippen LogP contribution in [0.5, 0.6) is 5.75 Å². The summed E-state index contributed by atoms with van der Waals surface area (Å²) in [5, 5.41) is 0. The minimum atomic E-state index is 0.153. The predicted octanol–water partition coefficient (Wildman–Crippen LogP) is 3.73. The van der Waals surface area contributed by atoms with E-state index in [4.69, 9.17) is 10.5 Å². The number of nitrogens with zero attached hydrogens (tertiary/aromatic N) is 1. The summed E-state index contributed by atoms with van der Waals surface area (Å²) in [4.78, 5) is 14.3. The first-order valence-electron chi connectivity index (χ1n) is 9.54. The highest BCUT2D eigenvalue weighted by Crippen LogP contribution is 2.24. The molecule has 0 aromatic heterocycles. The minimum Gasteiger partial charge on any atom is -0.494 e. The van der Waals surface area contributed by atoms with Gasteiger partial charge in [-0.05, 0) is 55.2 Å². The lowest BCUT2D eigenvalue weighted by Crippen LogP contribution is -2.42. The van der Waals surface area contributed by atoms with E-state index in [0.29, 0.717) is 18.9 Å². The van der Waals surface area contributed by atoms with Crippen LogP contribution in [0.25, 0.3) is 0 Å². The van der Waals surface area contributed by atoms with Crippen molar-refractivity contribution in [2.24, 2.45) is 11.7 Å². The third-order valence-electron chi connectivity index (χ3n) is 5.16. The van der Waals surface area contributed by atoms with Crippen molar-refractivity contribution in [2.75, 3.05) is 19.7 Å². The third-order valence-corrected chi connectivity index (χ3v) is 5.16. The summed E-state index contributed by atoms with van der Waals surface area (Å²) in [6, 6.07) is 8.49. The topological polar surface area (TPSA) is 55.6 Å². The lowest BCUT2D eigenvalue weighted by atomic mass is 9.87. The van der Waals surface area contributed by atoms with Crippen LogP contribution in [0.4, 0.5) is 0 Å². The maximum absolute atomic E-state index is 12.3. The van der Waals surface area contributed by atoms with E-state index in [9.17, 15) is 4.79 Å². The number of amides is 1. The molecule has 1 heterocycles. The van der Waals surface area contributed by atoms with Crippen molar-refractivity contribution in [1.29, 1.82) is 0 Å². The van der Waals surface area contributed by atoms with E-state index in [1.165, 1.54) is 5.56 Å². The summed E-state index contributed by atoms with van der Waals surface area (Å²) in [6.07, 6.45) is 3.37. The standard InChI is InChI=1S/C21H34N2O2/c1-16(22)17-11-13-23(14-12-17)20(24)6-5-15-25-19-9-7-18(8-10-19)21(2,3)4/h7-10,16-17H,5-6,11-15,22H2,1-4H3. The van der Waals surface area contributed by atoms with E-state index < -0.39 is 0 Å². The number of piperidine rings is 1. The van der Waals surface area contributed by atoms with Gasteiger partial charge in [0.1, 0.15) is 5.75 Å². The van der Waals surface area contributed by atoms with Crippen molar-refractivity contribution in [2.45, 2.75) is 64.8 Å². The van der Waals surface area contributed by atoms with Gasteiger partial charge >= 0.3 is 0 Å². The van der Waals surface area contributed by atoms with Gasteiger partial charge < -0.3 is 15.4 Å². The first-order chi connectivity index (χ1) is 11.8. The van der Waals surface area contributed by atoms with Crippen molar-refractivity contribution in [3.63, 3.8) is 0 Å². The van der Waals surface area contributed by atoms with Crippen molar-refractivity contribution in [3.05, 3.63) is 29.8 Å². The highest BCUT2D eigenvalue weighted by Gasteiger charge is 2.24. The Morgan fingerprint density at radius 1 is 1.24 bits per heavy atom. The third kappa shape index (κ3) is 6.03. The Morgan fingerprint density at radius 2 is 1.84 bits per heavy atom. The fourth-order valence-corrected chi connectivity index (χ4v) is 3.30. The molecule has 1 atom stereocenters. The fraction of sp³-hybridized carbons (Fsp3) is 0.667. The molecule has 0 saturated carbocycles. The van der Waals surface area contributed by atoms with Crippen LogP contribution in [0.1, 0.15) is 58.9 Å². The average Bonchev–Trinajstić information content (AvgIpc) is 2.58. The van der Waals surface area contributed by atoms with Crippen LogP contribution >= 0.6 is 0 Å². The monoisotopic (exact) mass is 346 g/mol. The molecule has 1 saturated heterocycles. The lowest BCUT2D eigenvalue weighted by molar-refractivity contribution is -0.132. The van der Waals surface area contributed by atoms with E-state index in [1.807, 2.05) is 17.0 Å². The molecule has 1 aliphatic rings. The SMILES string of the molecule is CC(N)C1CCN(C(=O)CCCOc2ccc(C(C)(C)C)cc2)CC1. The maximum Gasteiger partial charge on any atom is 0.222 e. The van der Waals surface area contributed by atoms with Crippen molar-refractivity contribution in [1.82, 2.24) is 4.90 Å². The zero-order valence-electron chi connectivity index (χ0n) is 16.3. The summed E-state index contributed by atoms with van der Waals surface area (Å²) in [6.45, 7) is 10.9. The van der Waals surface area contributed by atoms with E-state index >= 15 is 0 Å². The molecular formula is C21H34N2O2. The number of hydrogen-bond donors (Lipinski definition) is 1. The average molecular weight is 347 g/mol. The zero-order valence-corrected chi connectivity index (χ0v) is 16.3. The molecule has 2 rings (SSSR count). The number of likely N-dealkylation sites (tertiary alicyclic amines) is 1. The minimum absolute atomic E-state index is 0.153. The van der Waals surface area contributed by atoms with Crippen molar-refractivity contribution < 1.29 is 9.53 Å². The highest BCUT2D eigenvalue weighted by atomic mass is 16.5. The lowest BCUT2D eigenvalue weighted by Gasteiger charge is -2.33. The molecule has 1 aliphatic heterocycles. The van der Waals surface area contributed by atoms with Gasteiger partial charge in [0.05, 0.1) is 6.61 Å². The fourth-order valence-electron chi connectivity index (χ4n) is 3.30. The van der Waals surface area contributed by atoms with Gasteiger partial charge in [0.15, 0.2) is 0 Å². The first kappa shape index (κ1) is 19.8. The Hall–Kier alpha value is -1.55. The maximum atomic E-state index is 12.3. The highest BCUT2D eigenvalue weighted by molar-refractivity contribution is 5.76. The Bertz CT molecular complexity index is 538. The Labute approximate surface area is 152 Å². The van der Waals surface area contributed by atoms with Crippen LogP contribution in [0.2, 0.25) is 0 Å². The van der Waals surface area contributed by atoms with Gasteiger partial charge in [0.2, 0.25) is 5.91 Å². The van der Waals surface area contributed by atoms with Gasteiger partial charge in [-0.1, -0.05) is 32.9 Å². The second-order valence-electron chi connectivity index (χ2n) is 8.30. The van der Waals surface area contributed by atoms with Crippen LogP contribution < -0.4 is 10.5 Å². The number of hydrogen-bond acceptors (Lipinski definition) is 3. The molecule has 4 nitrogen and oxygen atoms in total. The molecule has 140 valence electrons. The molecule has 0 spiro atoms. The number of carbonyl (C=O) groups is 1. The molecule has 1 amide bonds. The van der Waals surface area contributed by atoms with Crippen LogP contribution in [-0.2, 0) is 10.2 Å². The second-order valence-corrected chi connectivity index (χ2v) is 8.30. The molecule has 1 aromatic rings. The summed E-state index contributed by atoms with van der Waals surface area (Å²) in [5.74, 6) is 1.68. The molecule has 25 heavy (non-hydrogen) atoms. The van der Waals surface area contributed by atoms with Gasteiger partial charge in [0.25, 0.3) is 0 Å². The largest absolute Gasteiger partial charge is 0.494 e. The zero-order chi connectivity index (χ0) is 18.4. The van der Waals surface area contributed by atoms with E-state index in [-0.39, 0.29) is 17.4 Å². The Kier molecular flexibility index (Phi) is 6.88. The van der Waals surface area contributed by atoms with Gasteiger partial charge in [-0.25, -0.2) is 0 Å². The molecule has 1 unspecified atom stereocenters. The number of ether oxygens (including phenoxy) is 1. The normalized spacial score (nSPS) is 17.4. The molecule has 4 heteroatoms. The quantitative estimate of drug-likeness (QED) is 0.799. The van der Waals surface area contributed by atoms with Gasteiger partial charge in [-0.2, -0.15) is 0 Å². The van der Waals surface area contributed by atoms with Crippen molar-refractivity contribution in [3.8, 4) is 5.75 Å². The number of rotatable bonds is 6. The van der Waals surface area contributed by atoms with Crippen LogP contribution in [-0.4, -0.2) is 36.5 Å². The van der Waals surface area contributed by atoms with Crippen molar-refractivity contribution >= 4 is 5.91 Å². The van der Waals surface area contributed by atoms with E-state index in [0.717, 1.165) is 38.1 Å². The van der Waals surface area contributed by atoms with Gasteiger partial charge in [-0.15, -0.1) is 0 Å². The molecular weight excluding hydrogens is 312 g/mol. The van der Waals surface area contributed by atoms with E-state index in [1.54, 1.807) is 0 Å². The number of benzene rings is 1. The summed E-state index contributed by atoms with van der Waals surface area (Å²) < 4.78 is 5.77. The van der Waals surface area contributed by atoms with Crippen LogP contribution in [0.15, 0.2) is 24.3 Å². The summed E-state index contributed by atoms with van der Waals surface area (Å²) in [7, 11) is 0. The predicted molar refractivity (Wildman–Crippen MR) is 103 cm³/mol. The molecule has 0 aliphatic carbocycles. The number of nitrogens with two attached hydrogens (primary N) is 1. The van der Waals surface area contributed by atoms with Gasteiger partial charge in [-0.3, -0.25) is 4.79 Å². The molecule has 0 bridgehead atoms. The number of carbonyl (C=O) groups excluding carboxylic acids is 1. The molecule has 0 radical (unpaired) electrons. The molecule has 1 fully saturated rings. The Morgan fingerprint density at radius 3 is 2.36 bits per heavy atom. The van der Waals surface area contributed by atoms with Crippen LogP contribution in [0, 0.1) is 5.92 Å². The molecule has 1 aromatic carbocycles. The Balaban J connectivity index is 1.67. The second kappa shape index (κ2) is 8.70. The molecule has 2 N–H and O–H groups in total.